The van der Waals surface area contributed by atoms with Crippen molar-refractivity contribution < 1.29 is 14.3 Å². The smallest absolute Gasteiger partial charge is 0.317 e. The van der Waals surface area contributed by atoms with Gasteiger partial charge in [0.05, 0.1) is 12.3 Å². The molecule has 0 aromatic carbocycles. The predicted octanol–water partition coefficient (Wildman–Crippen LogP) is 2.39. The predicted molar refractivity (Wildman–Crippen MR) is 57.0 cm³/mol. The quantitative estimate of drug-likeness (QED) is 0.521. The second-order valence-electron chi connectivity index (χ2n) is 5.54. The van der Waals surface area contributed by atoms with Gasteiger partial charge >= 0.3 is 11.9 Å². The molecule has 0 amide bonds. The van der Waals surface area contributed by atoms with Gasteiger partial charge in [0.15, 0.2) is 0 Å². The van der Waals surface area contributed by atoms with Gasteiger partial charge in [-0.25, -0.2) is 0 Å². The molecule has 1 aliphatic heterocycles. The third kappa shape index (κ3) is 2.39. The van der Waals surface area contributed by atoms with E-state index >= 15 is 0 Å². The van der Waals surface area contributed by atoms with E-state index in [1.165, 1.54) is 0 Å². The Hall–Kier alpha value is -0.860. The van der Waals surface area contributed by atoms with Crippen LogP contribution in [-0.4, -0.2) is 11.9 Å². The Labute approximate surface area is 91.2 Å². The van der Waals surface area contributed by atoms with Gasteiger partial charge in [0, 0.05) is 0 Å². The first-order valence-electron chi connectivity index (χ1n) is 5.50. The maximum Gasteiger partial charge on any atom is 0.317 e. The number of hydrogen-bond acceptors (Lipinski definition) is 3. The van der Waals surface area contributed by atoms with Crippen LogP contribution in [0.4, 0.5) is 0 Å². The summed E-state index contributed by atoms with van der Waals surface area (Å²) in [6, 6.07) is 0. The maximum absolute atomic E-state index is 11.7. The van der Waals surface area contributed by atoms with E-state index in [1.807, 2.05) is 20.8 Å². The molecular formula is C12H20O3. The number of cyclic esters (lactones) is 2. The molecule has 0 aromatic heterocycles. The zero-order valence-corrected chi connectivity index (χ0v) is 10.2. The minimum Gasteiger partial charge on any atom is -0.393 e. The van der Waals surface area contributed by atoms with Crippen LogP contribution in [0.25, 0.3) is 0 Å². The van der Waals surface area contributed by atoms with E-state index in [2.05, 4.69) is 13.8 Å². The van der Waals surface area contributed by atoms with Crippen LogP contribution >= 0.6 is 0 Å². The molecule has 2 atom stereocenters. The lowest BCUT2D eigenvalue weighted by Gasteiger charge is -2.40. The standard InChI is InChI=1S/C12H20O3/c1-7(2)8(3)10-11(14)15-9(13)6-12(10,4)5/h7-8,10H,6H2,1-5H3. The van der Waals surface area contributed by atoms with Crippen molar-refractivity contribution in [2.45, 2.75) is 41.0 Å². The summed E-state index contributed by atoms with van der Waals surface area (Å²) in [4.78, 5) is 22.9. The number of carbonyl (C=O) groups is 2. The molecule has 0 saturated carbocycles. The molecule has 0 aromatic rings. The van der Waals surface area contributed by atoms with E-state index in [0.717, 1.165) is 0 Å². The summed E-state index contributed by atoms with van der Waals surface area (Å²) in [6.07, 6.45) is 0.334. The lowest BCUT2D eigenvalue weighted by molar-refractivity contribution is -0.178. The molecular weight excluding hydrogens is 192 g/mol. The monoisotopic (exact) mass is 212 g/mol. The largest absolute Gasteiger partial charge is 0.393 e. The van der Waals surface area contributed by atoms with E-state index in [-0.39, 0.29) is 23.2 Å². The summed E-state index contributed by atoms with van der Waals surface area (Å²) in [5.41, 5.74) is -0.282. The molecule has 86 valence electrons. The number of hydrogen-bond donors (Lipinski definition) is 0. The van der Waals surface area contributed by atoms with Crippen LogP contribution in [0.3, 0.4) is 0 Å². The van der Waals surface area contributed by atoms with Crippen LogP contribution in [0, 0.1) is 23.2 Å². The van der Waals surface area contributed by atoms with Gasteiger partial charge in [-0.2, -0.15) is 0 Å². The Balaban J connectivity index is 2.94. The number of esters is 2. The summed E-state index contributed by atoms with van der Waals surface area (Å²) < 4.78 is 4.73. The van der Waals surface area contributed by atoms with E-state index in [4.69, 9.17) is 4.74 Å². The molecule has 3 heteroatoms. The van der Waals surface area contributed by atoms with Gasteiger partial charge in [-0.05, 0) is 17.3 Å². The van der Waals surface area contributed by atoms with E-state index in [0.29, 0.717) is 12.3 Å². The summed E-state index contributed by atoms with van der Waals surface area (Å²) >= 11 is 0. The molecule has 0 N–H and O–H groups in total. The highest BCUT2D eigenvalue weighted by Crippen LogP contribution is 2.42. The molecule has 0 bridgehead atoms. The van der Waals surface area contributed by atoms with Gasteiger partial charge in [-0.15, -0.1) is 0 Å². The van der Waals surface area contributed by atoms with E-state index in [1.54, 1.807) is 0 Å². The average Bonchev–Trinajstić information content (AvgIpc) is 1.99. The fraction of sp³-hybridized carbons (Fsp3) is 0.833. The van der Waals surface area contributed by atoms with Gasteiger partial charge in [0.25, 0.3) is 0 Å². The summed E-state index contributed by atoms with van der Waals surface area (Å²) in [5.74, 6) is -0.263. The van der Waals surface area contributed by atoms with Crippen molar-refractivity contribution in [2.75, 3.05) is 0 Å². The van der Waals surface area contributed by atoms with Crippen molar-refractivity contribution in [3.8, 4) is 0 Å². The molecule has 0 spiro atoms. The van der Waals surface area contributed by atoms with Crippen LogP contribution < -0.4 is 0 Å². The topological polar surface area (TPSA) is 43.4 Å². The fourth-order valence-electron chi connectivity index (χ4n) is 2.32. The third-order valence-electron chi connectivity index (χ3n) is 3.49. The Morgan fingerprint density at radius 1 is 1.27 bits per heavy atom. The highest BCUT2D eigenvalue weighted by molar-refractivity contribution is 5.90. The molecule has 1 saturated heterocycles. The molecule has 3 nitrogen and oxygen atoms in total. The second kappa shape index (κ2) is 3.95. The van der Waals surface area contributed by atoms with Crippen molar-refractivity contribution in [3.63, 3.8) is 0 Å². The molecule has 0 radical (unpaired) electrons. The molecule has 15 heavy (non-hydrogen) atoms. The first-order chi connectivity index (χ1) is 6.75. The Kier molecular flexibility index (Phi) is 3.22. The van der Waals surface area contributed by atoms with Crippen LogP contribution in [0.5, 0.6) is 0 Å². The Bertz CT molecular complexity index is 279. The van der Waals surface area contributed by atoms with Gasteiger partial charge in [-0.1, -0.05) is 34.6 Å². The lowest BCUT2D eigenvalue weighted by Crippen LogP contribution is -2.45. The summed E-state index contributed by atoms with van der Waals surface area (Å²) in [6.45, 7) is 10.2. The molecule has 1 aliphatic rings. The highest BCUT2D eigenvalue weighted by Gasteiger charge is 2.47. The first-order valence-corrected chi connectivity index (χ1v) is 5.50. The molecule has 2 unspecified atom stereocenters. The zero-order chi connectivity index (χ0) is 11.8. The van der Waals surface area contributed by atoms with E-state index in [9.17, 15) is 9.59 Å². The third-order valence-corrected chi connectivity index (χ3v) is 3.49. The van der Waals surface area contributed by atoms with Crippen LogP contribution in [-0.2, 0) is 14.3 Å². The summed E-state index contributed by atoms with van der Waals surface area (Å²) in [7, 11) is 0. The van der Waals surface area contributed by atoms with Crippen molar-refractivity contribution in [1.29, 1.82) is 0 Å². The SMILES string of the molecule is CC(C)C(C)C1C(=O)OC(=O)CC1(C)C. The van der Waals surface area contributed by atoms with Gasteiger partial charge in [0.2, 0.25) is 0 Å². The van der Waals surface area contributed by atoms with Gasteiger partial charge in [0.1, 0.15) is 0 Å². The van der Waals surface area contributed by atoms with Crippen molar-refractivity contribution in [2.24, 2.45) is 23.2 Å². The zero-order valence-electron chi connectivity index (χ0n) is 10.2. The molecule has 1 rings (SSSR count). The number of ether oxygens (including phenoxy) is 1. The minimum absolute atomic E-state index is 0.171. The second-order valence-corrected chi connectivity index (χ2v) is 5.54. The number of carbonyl (C=O) groups excluding carboxylic acids is 2. The lowest BCUT2D eigenvalue weighted by atomic mass is 9.66. The van der Waals surface area contributed by atoms with Crippen molar-refractivity contribution in [1.82, 2.24) is 0 Å². The van der Waals surface area contributed by atoms with Gasteiger partial charge in [-0.3, -0.25) is 9.59 Å². The maximum atomic E-state index is 11.7. The molecule has 0 aliphatic carbocycles. The number of rotatable bonds is 2. The normalized spacial score (nSPS) is 27.7. The highest BCUT2D eigenvalue weighted by atomic mass is 16.6. The molecule has 1 heterocycles. The van der Waals surface area contributed by atoms with Crippen LogP contribution in [0.15, 0.2) is 0 Å². The summed E-state index contributed by atoms with van der Waals surface area (Å²) in [5, 5.41) is 0. The Morgan fingerprint density at radius 2 is 1.80 bits per heavy atom. The van der Waals surface area contributed by atoms with Crippen molar-refractivity contribution in [3.05, 3.63) is 0 Å². The first kappa shape index (κ1) is 12.2. The Morgan fingerprint density at radius 3 is 2.20 bits per heavy atom. The molecule has 1 fully saturated rings. The van der Waals surface area contributed by atoms with Crippen molar-refractivity contribution >= 4 is 11.9 Å². The van der Waals surface area contributed by atoms with E-state index < -0.39 is 5.97 Å². The average molecular weight is 212 g/mol. The van der Waals surface area contributed by atoms with Crippen LogP contribution in [0.1, 0.15) is 41.0 Å². The van der Waals surface area contributed by atoms with Crippen LogP contribution in [0.2, 0.25) is 0 Å². The minimum atomic E-state index is -0.391. The fourth-order valence-corrected chi connectivity index (χ4v) is 2.32. The van der Waals surface area contributed by atoms with Gasteiger partial charge < -0.3 is 4.74 Å².